The van der Waals surface area contributed by atoms with Gasteiger partial charge in [-0.25, -0.2) is 0 Å². The molecule has 0 spiro atoms. The van der Waals surface area contributed by atoms with E-state index in [-0.39, 0.29) is 24.0 Å². The number of hydrogen-bond acceptors (Lipinski definition) is 5. The van der Waals surface area contributed by atoms with Gasteiger partial charge in [0.2, 0.25) is 0 Å². The van der Waals surface area contributed by atoms with Crippen LogP contribution in [0.5, 0.6) is 0 Å². The summed E-state index contributed by atoms with van der Waals surface area (Å²) in [6.45, 7) is 7.05. The van der Waals surface area contributed by atoms with Gasteiger partial charge < -0.3 is 15.8 Å². The van der Waals surface area contributed by atoms with Crippen molar-refractivity contribution in [2.24, 2.45) is 0 Å². The standard InChI is InChI=1S/C27H33N5O2/c1-18(2)11-12-32-25-6-4-3-5-24(25)26(30-32)27(33)29-21-13-22-16-34-17-23(14-21)31(22)15-19-7-9-20(28)10-8-19/h3-11,21-23H,12-17,28H2,1-2H3,(H,29,33)/t21?,22-,23+. The second-order valence-corrected chi connectivity index (χ2v) is 9.73. The Hall–Kier alpha value is -3.16. The average molecular weight is 460 g/mol. The number of nitrogens with one attached hydrogen (secondary N) is 1. The Morgan fingerprint density at radius 2 is 1.82 bits per heavy atom. The van der Waals surface area contributed by atoms with Crippen LogP contribution in [0.2, 0.25) is 0 Å². The number of allylic oxidation sites excluding steroid dienone is 2. The average Bonchev–Trinajstić information content (AvgIpc) is 3.18. The quantitative estimate of drug-likeness (QED) is 0.433. The van der Waals surface area contributed by atoms with Crippen LogP contribution in [0.3, 0.4) is 0 Å². The molecule has 2 aliphatic rings. The van der Waals surface area contributed by atoms with Crippen LogP contribution in [0.15, 0.2) is 60.2 Å². The van der Waals surface area contributed by atoms with Crippen LogP contribution in [0.25, 0.3) is 10.9 Å². The topological polar surface area (TPSA) is 85.4 Å². The number of morpholine rings is 1. The van der Waals surface area contributed by atoms with E-state index in [9.17, 15) is 4.79 Å². The number of anilines is 1. The van der Waals surface area contributed by atoms with Gasteiger partial charge in [0.1, 0.15) is 0 Å². The van der Waals surface area contributed by atoms with Crippen molar-refractivity contribution in [2.45, 2.75) is 57.9 Å². The van der Waals surface area contributed by atoms with Gasteiger partial charge in [-0.2, -0.15) is 5.10 Å². The lowest BCUT2D eigenvalue weighted by molar-refractivity contribution is -0.0843. The van der Waals surface area contributed by atoms with Crippen LogP contribution in [-0.4, -0.2) is 51.9 Å². The third-order valence-electron chi connectivity index (χ3n) is 6.90. The lowest BCUT2D eigenvalue weighted by Gasteiger charge is -2.48. The lowest BCUT2D eigenvalue weighted by atomic mass is 9.89. The first-order valence-electron chi connectivity index (χ1n) is 12.1. The molecule has 3 atom stereocenters. The Morgan fingerprint density at radius 3 is 2.53 bits per heavy atom. The molecule has 2 aromatic carbocycles. The summed E-state index contributed by atoms with van der Waals surface area (Å²) in [5, 5.41) is 8.88. The SMILES string of the molecule is CC(C)=CCn1nc(C(=O)NC2C[C@H]3COC[C@@H](C2)N3Cc2ccc(N)cc2)c2ccccc21. The Balaban J connectivity index is 1.30. The summed E-state index contributed by atoms with van der Waals surface area (Å²) in [6, 6.07) is 16.7. The number of fused-ring (bicyclic) bond motifs is 3. The van der Waals surface area contributed by atoms with Crippen molar-refractivity contribution in [2.75, 3.05) is 18.9 Å². The molecule has 5 rings (SSSR count). The van der Waals surface area contributed by atoms with Crippen LogP contribution in [0.4, 0.5) is 5.69 Å². The maximum absolute atomic E-state index is 13.3. The molecule has 0 radical (unpaired) electrons. The molecule has 0 saturated carbocycles. The number of aromatic nitrogens is 2. The van der Waals surface area contributed by atoms with Crippen LogP contribution >= 0.6 is 0 Å². The number of para-hydroxylation sites is 1. The van der Waals surface area contributed by atoms with Gasteiger partial charge in [-0.3, -0.25) is 14.4 Å². The van der Waals surface area contributed by atoms with Crippen LogP contribution in [-0.2, 0) is 17.8 Å². The number of ether oxygens (including phenoxy) is 1. The maximum atomic E-state index is 13.3. The summed E-state index contributed by atoms with van der Waals surface area (Å²) in [7, 11) is 0. The third-order valence-corrected chi connectivity index (χ3v) is 6.90. The monoisotopic (exact) mass is 459 g/mol. The highest BCUT2D eigenvalue weighted by atomic mass is 16.5. The molecule has 2 aliphatic heterocycles. The van der Waals surface area contributed by atoms with Gasteiger partial charge >= 0.3 is 0 Å². The molecule has 2 bridgehead atoms. The van der Waals surface area contributed by atoms with Crippen LogP contribution < -0.4 is 11.1 Å². The van der Waals surface area contributed by atoms with Crippen LogP contribution in [0.1, 0.15) is 42.7 Å². The maximum Gasteiger partial charge on any atom is 0.272 e. The first-order valence-corrected chi connectivity index (χ1v) is 12.1. The zero-order valence-corrected chi connectivity index (χ0v) is 19.9. The lowest BCUT2D eigenvalue weighted by Crippen LogP contribution is -2.60. The summed E-state index contributed by atoms with van der Waals surface area (Å²) >= 11 is 0. The Kier molecular flexibility index (Phi) is 6.39. The number of hydrogen-bond donors (Lipinski definition) is 2. The fourth-order valence-corrected chi connectivity index (χ4v) is 5.16. The van der Waals surface area contributed by atoms with Crippen molar-refractivity contribution in [3.63, 3.8) is 0 Å². The number of carbonyl (C=O) groups is 1. The molecular formula is C27H33N5O2. The second kappa shape index (κ2) is 9.60. The minimum absolute atomic E-state index is 0.0943. The molecule has 2 fully saturated rings. The smallest absolute Gasteiger partial charge is 0.272 e. The molecule has 34 heavy (non-hydrogen) atoms. The molecule has 1 unspecified atom stereocenters. The van der Waals surface area contributed by atoms with E-state index in [1.54, 1.807) is 0 Å². The fraction of sp³-hybridized carbons (Fsp3) is 0.407. The predicted molar refractivity (Wildman–Crippen MR) is 134 cm³/mol. The van der Waals surface area contributed by atoms with E-state index in [1.165, 1.54) is 11.1 Å². The van der Waals surface area contributed by atoms with E-state index in [0.29, 0.717) is 25.5 Å². The van der Waals surface area contributed by atoms with Crippen molar-refractivity contribution < 1.29 is 9.53 Å². The van der Waals surface area contributed by atoms with Gasteiger partial charge in [0.25, 0.3) is 5.91 Å². The highest BCUT2D eigenvalue weighted by Crippen LogP contribution is 2.30. The summed E-state index contributed by atoms with van der Waals surface area (Å²) in [6.07, 6.45) is 3.86. The number of nitrogens with zero attached hydrogens (tertiary/aromatic N) is 3. The van der Waals surface area contributed by atoms with E-state index in [1.807, 2.05) is 41.1 Å². The molecule has 1 amide bonds. The molecule has 7 heteroatoms. The number of nitrogen functional groups attached to an aromatic ring is 1. The minimum Gasteiger partial charge on any atom is -0.399 e. The van der Waals surface area contributed by atoms with E-state index in [4.69, 9.17) is 15.6 Å². The Labute approximate surface area is 200 Å². The van der Waals surface area contributed by atoms with Gasteiger partial charge in [-0.15, -0.1) is 0 Å². The van der Waals surface area contributed by atoms with Crippen molar-refractivity contribution in [3.8, 4) is 0 Å². The third kappa shape index (κ3) is 4.72. The van der Waals surface area contributed by atoms with E-state index >= 15 is 0 Å². The van der Waals surface area contributed by atoms with E-state index in [0.717, 1.165) is 36.0 Å². The number of benzene rings is 2. The molecule has 3 aromatic rings. The molecule has 178 valence electrons. The van der Waals surface area contributed by atoms with Crippen molar-refractivity contribution in [1.82, 2.24) is 20.0 Å². The molecule has 3 heterocycles. The molecule has 0 aliphatic carbocycles. The number of rotatable bonds is 6. The van der Waals surface area contributed by atoms with Crippen molar-refractivity contribution >= 4 is 22.5 Å². The fourth-order valence-electron chi connectivity index (χ4n) is 5.16. The second-order valence-electron chi connectivity index (χ2n) is 9.73. The predicted octanol–water partition coefficient (Wildman–Crippen LogP) is 3.75. The van der Waals surface area contributed by atoms with Crippen LogP contribution in [0, 0.1) is 0 Å². The summed E-state index contributed by atoms with van der Waals surface area (Å²) in [5.74, 6) is -0.0943. The number of amides is 1. The summed E-state index contributed by atoms with van der Waals surface area (Å²) in [5.41, 5.74) is 10.6. The molecule has 3 N–H and O–H groups in total. The van der Waals surface area contributed by atoms with Crippen molar-refractivity contribution in [3.05, 3.63) is 71.4 Å². The zero-order valence-electron chi connectivity index (χ0n) is 19.9. The minimum atomic E-state index is -0.0943. The molecule has 1 aromatic heterocycles. The Bertz CT molecular complexity index is 1180. The molecule has 2 saturated heterocycles. The zero-order chi connectivity index (χ0) is 23.7. The molecule has 7 nitrogen and oxygen atoms in total. The largest absolute Gasteiger partial charge is 0.399 e. The van der Waals surface area contributed by atoms with E-state index < -0.39 is 0 Å². The van der Waals surface area contributed by atoms with Gasteiger partial charge in [-0.1, -0.05) is 42.0 Å². The van der Waals surface area contributed by atoms with Gasteiger partial charge in [0.05, 0.1) is 25.3 Å². The van der Waals surface area contributed by atoms with Gasteiger partial charge in [0, 0.05) is 35.7 Å². The van der Waals surface area contributed by atoms with Gasteiger partial charge in [0.15, 0.2) is 5.69 Å². The molecular weight excluding hydrogens is 426 g/mol. The number of carbonyl (C=O) groups excluding carboxylic acids is 1. The normalized spacial score (nSPS) is 22.5. The first kappa shape index (κ1) is 22.6. The highest BCUT2D eigenvalue weighted by molar-refractivity contribution is 6.05. The van der Waals surface area contributed by atoms with E-state index in [2.05, 4.69) is 42.3 Å². The first-order chi connectivity index (χ1) is 16.5. The highest BCUT2D eigenvalue weighted by Gasteiger charge is 2.39. The summed E-state index contributed by atoms with van der Waals surface area (Å²) < 4.78 is 7.78. The summed E-state index contributed by atoms with van der Waals surface area (Å²) in [4.78, 5) is 15.9. The van der Waals surface area contributed by atoms with Gasteiger partial charge in [-0.05, 0) is 50.5 Å². The Morgan fingerprint density at radius 1 is 1.12 bits per heavy atom. The number of nitrogens with two attached hydrogens (primary N) is 1. The number of piperidine rings is 1. The van der Waals surface area contributed by atoms with Crippen molar-refractivity contribution in [1.29, 1.82) is 0 Å².